The van der Waals surface area contributed by atoms with Crippen LogP contribution in [0, 0.1) is 5.82 Å². The van der Waals surface area contributed by atoms with Gasteiger partial charge in [0.1, 0.15) is 5.82 Å². The van der Waals surface area contributed by atoms with E-state index in [-0.39, 0.29) is 30.1 Å². The molecule has 1 unspecified atom stereocenters. The third-order valence-corrected chi connectivity index (χ3v) is 8.19. The molecule has 1 aromatic heterocycles. The summed E-state index contributed by atoms with van der Waals surface area (Å²) in [7, 11) is 0. The first-order chi connectivity index (χ1) is 17.9. The van der Waals surface area contributed by atoms with Crippen molar-refractivity contribution in [3.63, 3.8) is 0 Å². The minimum absolute atomic E-state index is 0.0346. The first-order valence-corrected chi connectivity index (χ1v) is 12.9. The Bertz CT molecular complexity index is 1490. The van der Waals surface area contributed by atoms with E-state index in [9.17, 15) is 14.0 Å². The summed E-state index contributed by atoms with van der Waals surface area (Å²) in [5.74, 6) is -0.460. The Morgan fingerprint density at radius 2 is 1.68 bits per heavy atom. The molecule has 188 valence electrons. The van der Waals surface area contributed by atoms with E-state index >= 15 is 0 Å². The summed E-state index contributed by atoms with van der Waals surface area (Å²) >= 11 is 0. The van der Waals surface area contributed by atoms with E-state index in [1.807, 2.05) is 25.1 Å². The summed E-state index contributed by atoms with van der Waals surface area (Å²) in [6, 6.07) is 23.0. The van der Waals surface area contributed by atoms with Crippen molar-refractivity contribution in [3.05, 3.63) is 107 Å². The van der Waals surface area contributed by atoms with Crippen LogP contribution in [0.4, 0.5) is 4.39 Å². The Balaban J connectivity index is 1.42. The molecule has 37 heavy (non-hydrogen) atoms. The molecule has 0 spiro atoms. The summed E-state index contributed by atoms with van der Waals surface area (Å²) in [5.41, 5.74) is 5.09. The van der Waals surface area contributed by atoms with Gasteiger partial charge in [-0.05, 0) is 60.2 Å². The molecule has 3 heterocycles. The van der Waals surface area contributed by atoms with Crippen molar-refractivity contribution >= 4 is 22.7 Å². The molecule has 2 aliphatic heterocycles. The summed E-state index contributed by atoms with van der Waals surface area (Å²) in [6.07, 6.45) is 1.52. The summed E-state index contributed by atoms with van der Waals surface area (Å²) in [6.45, 7) is 4.91. The van der Waals surface area contributed by atoms with Gasteiger partial charge in [-0.15, -0.1) is 0 Å². The number of benzene rings is 3. The Kier molecular flexibility index (Phi) is 5.63. The highest BCUT2D eigenvalue weighted by Crippen LogP contribution is 2.48. The van der Waals surface area contributed by atoms with Gasteiger partial charge in [-0.25, -0.2) is 4.39 Å². The van der Waals surface area contributed by atoms with E-state index in [1.54, 1.807) is 21.9 Å². The van der Waals surface area contributed by atoms with Crippen LogP contribution < -0.4 is 0 Å². The Morgan fingerprint density at radius 1 is 0.973 bits per heavy atom. The standard InChI is InChI=1S/C31H30FN3O2/c1-3-20-8-12-22(13-9-20)25-18-35-27(36)19-34(17-16-21-10-14-23(32)15-11-21)30(37)31(35,2)29-28(25)24-6-4-5-7-26(24)33-29/h4-15,25,33H,3,16-19H2,1-2H3/t25?,31-/m0/s1. The fraction of sp³-hybridized carbons (Fsp3) is 0.290. The minimum atomic E-state index is -1.12. The number of piperazine rings is 1. The van der Waals surface area contributed by atoms with Gasteiger partial charge in [-0.1, -0.05) is 61.5 Å². The van der Waals surface area contributed by atoms with E-state index in [1.165, 1.54) is 17.7 Å². The van der Waals surface area contributed by atoms with Gasteiger partial charge >= 0.3 is 0 Å². The van der Waals surface area contributed by atoms with Crippen molar-refractivity contribution < 1.29 is 14.0 Å². The number of aromatic amines is 1. The highest BCUT2D eigenvalue weighted by Gasteiger charge is 2.56. The largest absolute Gasteiger partial charge is 0.356 e. The van der Waals surface area contributed by atoms with Crippen LogP contribution in [-0.4, -0.2) is 46.2 Å². The number of nitrogens with zero attached hydrogens (tertiary/aromatic N) is 2. The van der Waals surface area contributed by atoms with Gasteiger partial charge in [-0.3, -0.25) is 9.59 Å². The van der Waals surface area contributed by atoms with Crippen molar-refractivity contribution in [2.24, 2.45) is 0 Å². The second-order valence-corrected chi connectivity index (χ2v) is 10.3. The van der Waals surface area contributed by atoms with Crippen molar-refractivity contribution in [2.45, 2.75) is 38.1 Å². The molecule has 5 nitrogen and oxygen atoms in total. The lowest BCUT2D eigenvalue weighted by Crippen LogP contribution is -2.67. The number of halogens is 1. The number of aryl methyl sites for hydroxylation is 1. The zero-order chi connectivity index (χ0) is 25.7. The normalized spacial score (nSPS) is 21.3. The van der Waals surface area contributed by atoms with Crippen LogP contribution in [-0.2, 0) is 28.0 Å². The molecule has 3 aromatic carbocycles. The maximum Gasteiger partial charge on any atom is 0.254 e. The third kappa shape index (κ3) is 3.74. The average molecular weight is 496 g/mol. The predicted molar refractivity (Wildman–Crippen MR) is 142 cm³/mol. The van der Waals surface area contributed by atoms with Crippen LogP contribution in [0.15, 0.2) is 72.8 Å². The average Bonchev–Trinajstić information content (AvgIpc) is 3.32. The number of nitrogens with one attached hydrogen (secondary N) is 1. The molecule has 2 atom stereocenters. The van der Waals surface area contributed by atoms with E-state index in [0.29, 0.717) is 19.5 Å². The first-order valence-electron chi connectivity index (χ1n) is 12.9. The van der Waals surface area contributed by atoms with Gasteiger partial charge < -0.3 is 14.8 Å². The van der Waals surface area contributed by atoms with Gasteiger partial charge in [0.25, 0.3) is 5.91 Å². The molecule has 1 fully saturated rings. The molecule has 6 rings (SSSR count). The lowest BCUT2D eigenvalue weighted by Gasteiger charge is -2.51. The number of carbonyl (C=O) groups is 2. The Hall–Kier alpha value is -3.93. The first kappa shape index (κ1) is 23.5. The zero-order valence-corrected chi connectivity index (χ0v) is 21.1. The molecule has 4 aromatic rings. The molecule has 0 saturated carbocycles. The maximum absolute atomic E-state index is 14.1. The van der Waals surface area contributed by atoms with Crippen LogP contribution in [0.2, 0.25) is 0 Å². The van der Waals surface area contributed by atoms with Gasteiger partial charge in [-0.2, -0.15) is 0 Å². The van der Waals surface area contributed by atoms with E-state index in [2.05, 4.69) is 42.2 Å². The molecule has 0 bridgehead atoms. The summed E-state index contributed by atoms with van der Waals surface area (Å²) < 4.78 is 13.3. The third-order valence-electron chi connectivity index (χ3n) is 8.19. The summed E-state index contributed by atoms with van der Waals surface area (Å²) in [4.78, 5) is 34.7. The number of amides is 2. The molecular formula is C31H30FN3O2. The lowest BCUT2D eigenvalue weighted by molar-refractivity contribution is -0.166. The van der Waals surface area contributed by atoms with Gasteiger partial charge in [0.15, 0.2) is 5.54 Å². The number of para-hydroxylation sites is 1. The number of H-pyrrole nitrogens is 1. The van der Waals surface area contributed by atoms with Crippen LogP contribution in [0.25, 0.3) is 10.9 Å². The van der Waals surface area contributed by atoms with Crippen LogP contribution in [0.1, 0.15) is 47.7 Å². The van der Waals surface area contributed by atoms with Crippen molar-refractivity contribution in [3.8, 4) is 0 Å². The summed E-state index contributed by atoms with van der Waals surface area (Å²) in [5, 5.41) is 1.09. The number of rotatable bonds is 5. The van der Waals surface area contributed by atoms with Gasteiger partial charge in [0, 0.05) is 29.9 Å². The van der Waals surface area contributed by atoms with Crippen LogP contribution in [0.3, 0.4) is 0 Å². The highest BCUT2D eigenvalue weighted by molar-refractivity contribution is 6.01. The fourth-order valence-corrected chi connectivity index (χ4v) is 6.06. The molecule has 1 saturated heterocycles. The highest BCUT2D eigenvalue weighted by atomic mass is 19.1. The lowest BCUT2D eigenvalue weighted by atomic mass is 9.76. The fourth-order valence-electron chi connectivity index (χ4n) is 6.06. The van der Waals surface area contributed by atoms with Crippen molar-refractivity contribution in [1.82, 2.24) is 14.8 Å². The number of aromatic nitrogens is 1. The number of carbonyl (C=O) groups excluding carboxylic acids is 2. The predicted octanol–water partition coefficient (Wildman–Crippen LogP) is 5.14. The van der Waals surface area contributed by atoms with E-state index in [0.717, 1.165) is 39.7 Å². The van der Waals surface area contributed by atoms with Crippen molar-refractivity contribution in [2.75, 3.05) is 19.6 Å². The van der Waals surface area contributed by atoms with Gasteiger partial charge in [0.2, 0.25) is 5.91 Å². The molecular weight excluding hydrogens is 465 g/mol. The number of hydrogen-bond donors (Lipinski definition) is 1. The molecule has 2 amide bonds. The van der Waals surface area contributed by atoms with E-state index in [4.69, 9.17) is 0 Å². The number of hydrogen-bond acceptors (Lipinski definition) is 2. The molecule has 6 heteroatoms. The monoisotopic (exact) mass is 495 g/mol. The second-order valence-electron chi connectivity index (χ2n) is 10.3. The second kappa shape index (κ2) is 8.87. The quantitative estimate of drug-likeness (QED) is 0.417. The van der Waals surface area contributed by atoms with Gasteiger partial charge in [0.05, 0.1) is 12.2 Å². The minimum Gasteiger partial charge on any atom is -0.356 e. The van der Waals surface area contributed by atoms with E-state index < -0.39 is 5.54 Å². The SMILES string of the molecule is CCc1ccc(C2CN3C(=O)CN(CCc4ccc(F)cc4)C(=O)[C@]3(C)c3[nH]c4ccccc4c32)cc1. The molecule has 1 N–H and O–H groups in total. The smallest absolute Gasteiger partial charge is 0.254 e. The number of fused-ring (bicyclic) bond motifs is 5. The Morgan fingerprint density at radius 3 is 2.41 bits per heavy atom. The Labute approximate surface area is 215 Å². The zero-order valence-electron chi connectivity index (χ0n) is 21.1. The van der Waals surface area contributed by atoms with Crippen molar-refractivity contribution in [1.29, 1.82) is 0 Å². The van der Waals surface area contributed by atoms with Crippen LogP contribution in [0.5, 0.6) is 0 Å². The maximum atomic E-state index is 14.1. The molecule has 0 radical (unpaired) electrons. The molecule has 2 aliphatic rings. The molecule has 0 aliphatic carbocycles. The topological polar surface area (TPSA) is 56.4 Å². The van der Waals surface area contributed by atoms with Crippen LogP contribution >= 0.6 is 0 Å².